The number of cyclic esters (lactones) is 1. The van der Waals surface area contributed by atoms with E-state index in [-0.39, 0.29) is 24.7 Å². The average Bonchev–Trinajstić information content (AvgIpc) is 3.06. The van der Waals surface area contributed by atoms with Gasteiger partial charge in [-0.1, -0.05) is 13.8 Å². The Bertz CT molecular complexity index is 609. The summed E-state index contributed by atoms with van der Waals surface area (Å²) in [5, 5.41) is 21.7. The van der Waals surface area contributed by atoms with Crippen molar-refractivity contribution in [3.05, 3.63) is 11.6 Å². The molecule has 7 heteroatoms. The molecule has 1 unspecified atom stereocenters. The molecule has 3 rings (SSSR count). The molecule has 0 bridgehead atoms. The first-order chi connectivity index (χ1) is 11.6. The van der Waals surface area contributed by atoms with Crippen molar-refractivity contribution >= 4 is 11.9 Å². The predicted octanol–water partition coefficient (Wildman–Crippen LogP) is -1.17. The highest BCUT2D eigenvalue weighted by Gasteiger charge is 2.59. The molecule has 3 aliphatic heterocycles. The minimum Gasteiger partial charge on any atom is -0.459 e. The Morgan fingerprint density at radius 1 is 1.28 bits per heavy atom. The highest BCUT2D eigenvalue weighted by Crippen LogP contribution is 2.37. The lowest BCUT2D eigenvalue weighted by Crippen LogP contribution is -3.12. The van der Waals surface area contributed by atoms with E-state index in [1.807, 2.05) is 6.08 Å². The van der Waals surface area contributed by atoms with Gasteiger partial charge in [0.1, 0.15) is 12.2 Å². The van der Waals surface area contributed by atoms with Gasteiger partial charge in [0, 0.05) is 12.0 Å². The third kappa shape index (κ3) is 2.78. The Balaban J connectivity index is 2.02. The zero-order chi connectivity index (χ0) is 18.6. The molecule has 7 nitrogen and oxygen atoms in total. The number of carbonyl (C=O) groups excluding carboxylic acids is 2. The summed E-state index contributed by atoms with van der Waals surface area (Å²) < 4.78 is 11.1. The molecule has 0 aromatic heterocycles. The van der Waals surface area contributed by atoms with Gasteiger partial charge in [0.15, 0.2) is 17.7 Å². The quantitative estimate of drug-likeness (QED) is 0.405. The van der Waals surface area contributed by atoms with Gasteiger partial charge in [-0.05, 0) is 25.8 Å². The molecule has 0 aliphatic carbocycles. The number of rotatable bonds is 1. The van der Waals surface area contributed by atoms with Crippen LogP contribution >= 0.6 is 0 Å². The molecule has 0 amide bonds. The van der Waals surface area contributed by atoms with E-state index >= 15 is 0 Å². The van der Waals surface area contributed by atoms with Crippen molar-refractivity contribution in [2.45, 2.75) is 57.5 Å². The zero-order valence-electron chi connectivity index (χ0n) is 15.2. The third-order valence-corrected chi connectivity index (χ3v) is 6.13. The summed E-state index contributed by atoms with van der Waals surface area (Å²) in [7, 11) is 0. The smallest absolute Gasteiger partial charge is 0.341 e. The van der Waals surface area contributed by atoms with E-state index in [9.17, 15) is 19.8 Å². The van der Waals surface area contributed by atoms with Crippen LogP contribution in [0.2, 0.25) is 0 Å². The van der Waals surface area contributed by atoms with Crippen LogP contribution in [0.5, 0.6) is 0 Å². The van der Waals surface area contributed by atoms with Crippen LogP contribution in [-0.4, -0.2) is 65.2 Å². The first-order valence-corrected chi connectivity index (χ1v) is 8.93. The summed E-state index contributed by atoms with van der Waals surface area (Å²) in [6.45, 7) is 7.74. The van der Waals surface area contributed by atoms with E-state index in [0.29, 0.717) is 0 Å². The van der Waals surface area contributed by atoms with E-state index in [4.69, 9.17) is 9.47 Å². The first kappa shape index (κ1) is 18.4. The fraction of sp³-hybridized carbons (Fsp3) is 0.778. The number of hydrogen-bond acceptors (Lipinski definition) is 6. The number of aliphatic hydroxyl groups is 2. The van der Waals surface area contributed by atoms with Crippen molar-refractivity contribution in [3.8, 4) is 0 Å². The van der Waals surface area contributed by atoms with E-state index in [1.165, 1.54) is 18.7 Å². The van der Waals surface area contributed by atoms with Crippen LogP contribution in [0.15, 0.2) is 11.6 Å². The number of carbonyl (C=O) groups is 2. The first-order valence-electron chi connectivity index (χ1n) is 8.93. The molecular weight excluding hydrogens is 326 g/mol. The second kappa shape index (κ2) is 6.07. The van der Waals surface area contributed by atoms with Gasteiger partial charge in [0.2, 0.25) is 0 Å². The Morgan fingerprint density at radius 2 is 1.96 bits per heavy atom. The second-order valence-corrected chi connectivity index (χ2v) is 8.15. The molecule has 3 heterocycles. The summed E-state index contributed by atoms with van der Waals surface area (Å²) in [5.74, 6) is -2.88. The molecule has 0 radical (unpaired) electrons. The van der Waals surface area contributed by atoms with Crippen LogP contribution in [0.25, 0.3) is 0 Å². The van der Waals surface area contributed by atoms with Gasteiger partial charge in [-0.25, -0.2) is 4.79 Å². The van der Waals surface area contributed by atoms with E-state index in [1.54, 1.807) is 13.8 Å². The molecule has 3 N–H and O–H groups in total. The van der Waals surface area contributed by atoms with Crippen LogP contribution in [0.3, 0.4) is 0 Å². The summed E-state index contributed by atoms with van der Waals surface area (Å²) in [4.78, 5) is 26.7. The van der Waals surface area contributed by atoms with E-state index < -0.39 is 29.1 Å². The van der Waals surface area contributed by atoms with Crippen LogP contribution in [0, 0.1) is 11.8 Å². The van der Waals surface area contributed by atoms with Crippen molar-refractivity contribution in [1.29, 1.82) is 0 Å². The van der Waals surface area contributed by atoms with Gasteiger partial charge >= 0.3 is 11.9 Å². The topological polar surface area (TPSA) is 97.5 Å². The third-order valence-electron chi connectivity index (χ3n) is 6.13. The largest absolute Gasteiger partial charge is 0.459 e. The second-order valence-electron chi connectivity index (χ2n) is 8.15. The fourth-order valence-corrected chi connectivity index (χ4v) is 4.48. The molecule has 140 valence electrons. The highest BCUT2D eigenvalue weighted by molar-refractivity contribution is 5.83. The zero-order valence-corrected chi connectivity index (χ0v) is 15.2. The SMILES string of the molecule is CC(C)[C@@H]1C(=O)O[C@H]2CC[NH+]3CC=C(COC(=O)[C@@](C)(O)[C@@]1(C)O)[C@@H]23. The molecule has 0 aromatic rings. The standard InChI is InChI=1S/C18H27NO6/c1-10(2)13-15(20)25-12-6-8-19-7-5-11(14(12)19)9-24-16(21)18(4,23)17(13,3)22/h5,10,12-14,22-23H,6-9H2,1-4H3/p+1/t12-,13+,14-,17-,18+/m0/s1. The van der Waals surface area contributed by atoms with Crippen molar-refractivity contribution in [2.24, 2.45) is 11.8 Å². The Labute approximate surface area is 147 Å². The Morgan fingerprint density at radius 3 is 2.60 bits per heavy atom. The van der Waals surface area contributed by atoms with Gasteiger partial charge < -0.3 is 24.6 Å². The van der Waals surface area contributed by atoms with Crippen molar-refractivity contribution in [1.82, 2.24) is 0 Å². The maximum atomic E-state index is 12.9. The normalized spacial score (nSPS) is 44.7. The lowest BCUT2D eigenvalue weighted by atomic mass is 9.71. The van der Waals surface area contributed by atoms with Crippen molar-refractivity contribution in [3.63, 3.8) is 0 Å². The molecule has 3 aliphatic rings. The number of nitrogens with one attached hydrogen (secondary N) is 1. The van der Waals surface area contributed by atoms with E-state index in [2.05, 4.69) is 0 Å². The lowest BCUT2D eigenvalue weighted by molar-refractivity contribution is -0.896. The van der Waals surface area contributed by atoms with Crippen LogP contribution in [0.1, 0.15) is 34.1 Å². The van der Waals surface area contributed by atoms with Crippen LogP contribution < -0.4 is 4.90 Å². The summed E-state index contributed by atoms with van der Waals surface area (Å²) >= 11 is 0. The number of quaternary nitrogens is 1. The predicted molar refractivity (Wildman–Crippen MR) is 87.6 cm³/mol. The Hall–Kier alpha value is -1.44. The maximum Gasteiger partial charge on any atom is 0.341 e. The van der Waals surface area contributed by atoms with Gasteiger partial charge in [0.05, 0.1) is 19.0 Å². The molecule has 6 atom stereocenters. The number of ether oxygens (including phenoxy) is 2. The molecular formula is C18H28NO6+. The summed E-state index contributed by atoms with van der Waals surface area (Å²) in [6, 6.07) is -0.0161. The molecule has 0 saturated carbocycles. The van der Waals surface area contributed by atoms with Gasteiger partial charge in [-0.3, -0.25) is 4.79 Å². The number of hydrogen-bond donors (Lipinski definition) is 3. The summed E-state index contributed by atoms with van der Waals surface area (Å²) in [5.41, 5.74) is -3.34. The number of esters is 2. The molecule has 0 aromatic carbocycles. The summed E-state index contributed by atoms with van der Waals surface area (Å²) in [6.07, 6.45) is 2.45. The molecule has 2 saturated heterocycles. The minimum absolute atomic E-state index is 0.0161. The van der Waals surface area contributed by atoms with Gasteiger partial charge in [0.25, 0.3) is 0 Å². The molecule has 25 heavy (non-hydrogen) atoms. The van der Waals surface area contributed by atoms with Gasteiger partial charge in [-0.2, -0.15) is 0 Å². The maximum absolute atomic E-state index is 12.9. The monoisotopic (exact) mass is 354 g/mol. The van der Waals surface area contributed by atoms with Crippen LogP contribution in [-0.2, 0) is 19.1 Å². The Kier molecular flexibility index (Phi) is 4.46. The van der Waals surface area contributed by atoms with Crippen molar-refractivity contribution < 1.29 is 34.2 Å². The van der Waals surface area contributed by atoms with Gasteiger partial charge in [-0.15, -0.1) is 0 Å². The molecule has 2 fully saturated rings. The van der Waals surface area contributed by atoms with E-state index in [0.717, 1.165) is 25.1 Å². The highest BCUT2D eigenvalue weighted by atomic mass is 16.6. The van der Waals surface area contributed by atoms with Crippen molar-refractivity contribution in [2.75, 3.05) is 19.7 Å². The fourth-order valence-electron chi connectivity index (χ4n) is 4.48. The van der Waals surface area contributed by atoms with Crippen LogP contribution in [0.4, 0.5) is 0 Å². The average molecular weight is 354 g/mol. The lowest BCUT2D eigenvalue weighted by Gasteiger charge is -2.42. The minimum atomic E-state index is -2.23. The molecule has 0 spiro atoms.